The molecule has 110 valence electrons. The van der Waals surface area contributed by atoms with Crippen LogP contribution in [0.1, 0.15) is 0 Å². The molecule has 0 saturated heterocycles. The van der Waals surface area contributed by atoms with Gasteiger partial charge in [0.1, 0.15) is 0 Å². The fraction of sp³-hybridized carbons (Fsp3) is 0. The van der Waals surface area contributed by atoms with Gasteiger partial charge in [0, 0.05) is 10.8 Å². The third kappa shape index (κ3) is 3.78. The molecule has 3 aromatic rings. The lowest BCUT2D eigenvalue weighted by atomic mass is 10.1. The summed E-state index contributed by atoms with van der Waals surface area (Å²) in [5, 5.41) is 1.99. The third-order valence-electron chi connectivity index (χ3n) is 2.78. The summed E-state index contributed by atoms with van der Waals surface area (Å²) in [6, 6.07) is 13.7. The Bertz CT molecular complexity index is 902. The Labute approximate surface area is 120 Å². The standard InChI is InChI=1S/C13H11N3.H2O4S/c14-10-5-6-12-9(13(10)15)7-8-3-1-2-4-11(8)16-12;1-5(2,3)4/h1-7H,14-15H2;(H2,1,2,3,4). The first-order valence-corrected chi connectivity index (χ1v) is 7.19. The molecule has 0 saturated carbocycles. The molecule has 3 rings (SSSR count). The highest BCUT2D eigenvalue weighted by Crippen LogP contribution is 2.28. The molecule has 0 aliphatic rings. The van der Waals surface area contributed by atoms with Gasteiger partial charge >= 0.3 is 10.4 Å². The van der Waals surface area contributed by atoms with Gasteiger partial charge in [0.05, 0.1) is 22.4 Å². The Kier molecular flexibility index (Phi) is 3.94. The smallest absolute Gasteiger partial charge is 0.394 e. The van der Waals surface area contributed by atoms with Gasteiger partial charge in [0.25, 0.3) is 0 Å². The van der Waals surface area contributed by atoms with E-state index >= 15 is 0 Å². The molecule has 2 aromatic carbocycles. The number of nitrogen functional groups attached to an aromatic ring is 2. The zero-order valence-corrected chi connectivity index (χ0v) is 11.6. The molecule has 0 atom stereocenters. The molecular weight excluding hydrogens is 294 g/mol. The number of fused-ring (bicyclic) bond motifs is 2. The van der Waals surface area contributed by atoms with Gasteiger partial charge in [-0.2, -0.15) is 8.42 Å². The van der Waals surface area contributed by atoms with Gasteiger partial charge in [-0.05, 0) is 24.3 Å². The Hall–Kier alpha value is -2.42. The number of benzene rings is 2. The monoisotopic (exact) mass is 307 g/mol. The van der Waals surface area contributed by atoms with Crippen LogP contribution in [0.3, 0.4) is 0 Å². The summed E-state index contributed by atoms with van der Waals surface area (Å²) < 4.78 is 31.6. The van der Waals surface area contributed by atoms with Crippen molar-refractivity contribution in [1.82, 2.24) is 4.98 Å². The van der Waals surface area contributed by atoms with Crippen molar-refractivity contribution in [3.05, 3.63) is 42.5 Å². The van der Waals surface area contributed by atoms with E-state index in [1.165, 1.54) is 0 Å². The molecule has 0 aliphatic heterocycles. The molecule has 7 nitrogen and oxygen atoms in total. The number of rotatable bonds is 0. The number of pyridine rings is 1. The van der Waals surface area contributed by atoms with Crippen LogP contribution < -0.4 is 11.5 Å². The van der Waals surface area contributed by atoms with Crippen molar-refractivity contribution < 1.29 is 17.5 Å². The predicted molar refractivity (Wildman–Crippen MR) is 82.3 cm³/mol. The van der Waals surface area contributed by atoms with E-state index in [9.17, 15) is 0 Å². The number of nitrogens with two attached hydrogens (primary N) is 2. The van der Waals surface area contributed by atoms with Gasteiger partial charge in [-0.1, -0.05) is 18.2 Å². The van der Waals surface area contributed by atoms with Crippen LogP contribution in [0.2, 0.25) is 0 Å². The first-order valence-electron chi connectivity index (χ1n) is 5.79. The summed E-state index contributed by atoms with van der Waals surface area (Å²) in [6.45, 7) is 0. The number of aromatic nitrogens is 1. The topological polar surface area (TPSA) is 140 Å². The van der Waals surface area contributed by atoms with Gasteiger partial charge in [0.15, 0.2) is 0 Å². The third-order valence-corrected chi connectivity index (χ3v) is 2.78. The number of anilines is 2. The summed E-state index contributed by atoms with van der Waals surface area (Å²) in [7, 11) is -4.67. The van der Waals surface area contributed by atoms with Gasteiger partial charge < -0.3 is 11.5 Å². The van der Waals surface area contributed by atoms with Crippen molar-refractivity contribution >= 4 is 43.6 Å². The van der Waals surface area contributed by atoms with E-state index in [4.69, 9.17) is 29.0 Å². The molecule has 6 N–H and O–H groups in total. The maximum Gasteiger partial charge on any atom is 0.394 e. The zero-order chi connectivity index (χ0) is 15.6. The maximum absolute atomic E-state index is 8.74. The normalized spacial score (nSPS) is 11.1. The molecule has 0 spiro atoms. The summed E-state index contributed by atoms with van der Waals surface area (Å²) >= 11 is 0. The highest BCUT2D eigenvalue weighted by Gasteiger charge is 2.04. The molecule has 0 fully saturated rings. The summed E-state index contributed by atoms with van der Waals surface area (Å²) in [4.78, 5) is 4.54. The molecule has 1 aromatic heterocycles. The lowest BCUT2D eigenvalue weighted by molar-refractivity contribution is 0.381. The fourth-order valence-corrected chi connectivity index (χ4v) is 1.89. The minimum Gasteiger partial charge on any atom is -0.397 e. The van der Waals surface area contributed by atoms with Gasteiger partial charge in [0.2, 0.25) is 0 Å². The summed E-state index contributed by atoms with van der Waals surface area (Å²) in [6.07, 6.45) is 0. The summed E-state index contributed by atoms with van der Waals surface area (Å²) in [5.74, 6) is 0. The van der Waals surface area contributed by atoms with Crippen molar-refractivity contribution in [2.24, 2.45) is 0 Å². The molecule has 0 aliphatic carbocycles. The van der Waals surface area contributed by atoms with Crippen LogP contribution in [0.5, 0.6) is 0 Å². The maximum atomic E-state index is 8.74. The average Bonchev–Trinajstić information content (AvgIpc) is 2.40. The van der Waals surface area contributed by atoms with E-state index in [1.54, 1.807) is 6.07 Å². The number of nitrogens with zero attached hydrogens (tertiary/aromatic N) is 1. The van der Waals surface area contributed by atoms with Crippen LogP contribution in [0.15, 0.2) is 42.5 Å². The van der Waals surface area contributed by atoms with E-state index in [0.717, 1.165) is 21.8 Å². The molecule has 0 bridgehead atoms. The van der Waals surface area contributed by atoms with Crippen molar-refractivity contribution in [2.75, 3.05) is 11.5 Å². The van der Waals surface area contributed by atoms with Crippen molar-refractivity contribution in [3.63, 3.8) is 0 Å². The van der Waals surface area contributed by atoms with E-state index in [-0.39, 0.29) is 0 Å². The van der Waals surface area contributed by atoms with E-state index < -0.39 is 10.4 Å². The van der Waals surface area contributed by atoms with E-state index in [1.807, 2.05) is 36.4 Å². The molecule has 8 heteroatoms. The van der Waals surface area contributed by atoms with Crippen molar-refractivity contribution in [3.8, 4) is 0 Å². The van der Waals surface area contributed by atoms with Crippen LogP contribution in [0.4, 0.5) is 11.4 Å². The largest absolute Gasteiger partial charge is 0.397 e. The molecular formula is C13H13N3O4S. The van der Waals surface area contributed by atoms with Crippen LogP contribution in [0.25, 0.3) is 21.8 Å². The second kappa shape index (κ2) is 5.52. The Morgan fingerprint density at radius 1 is 0.952 bits per heavy atom. The highest BCUT2D eigenvalue weighted by molar-refractivity contribution is 7.79. The first kappa shape index (κ1) is 15.0. The lowest BCUT2D eigenvalue weighted by Gasteiger charge is -2.06. The number of hydrogen-bond acceptors (Lipinski definition) is 5. The zero-order valence-electron chi connectivity index (χ0n) is 10.8. The Morgan fingerprint density at radius 2 is 1.57 bits per heavy atom. The van der Waals surface area contributed by atoms with E-state index in [0.29, 0.717) is 11.4 Å². The molecule has 0 unspecified atom stereocenters. The molecule has 1 heterocycles. The Morgan fingerprint density at radius 3 is 2.24 bits per heavy atom. The lowest BCUT2D eigenvalue weighted by Crippen LogP contribution is -1.96. The minimum absolute atomic E-state index is 0.601. The second-order valence-corrected chi connectivity index (χ2v) is 5.16. The van der Waals surface area contributed by atoms with Crippen LogP contribution in [-0.4, -0.2) is 22.5 Å². The molecule has 21 heavy (non-hydrogen) atoms. The van der Waals surface area contributed by atoms with Gasteiger partial charge in [-0.25, -0.2) is 4.98 Å². The molecule has 0 amide bonds. The van der Waals surface area contributed by atoms with Gasteiger partial charge in [-0.15, -0.1) is 0 Å². The summed E-state index contributed by atoms with van der Waals surface area (Å²) in [5.41, 5.74) is 14.8. The fourth-order valence-electron chi connectivity index (χ4n) is 1.89. The Balaban J connectivity index is 0.000000282. The predicted octanol–water partition coefficient (Wildman–Crippen LogP) is 1.90. The van der Waals surface area contributed by atoms with Gasteiger partial charge in [-0.3, -0.25) is 9.11 Å². The SMILES string of the molecule is Nc1ccc2nc3ccccc3cc2c1N.O=S(=O)(O)O. The number of hydrogen-bond donors (Lipinski definition) is 4. The van der Waals surface area contributed by atoms with E-state index in [2.05, 4.69) is 4.98 Å². The first-order chi connectivity index (χ1) is 9.75. The van der Waals surface area contributed by atoms with Crippen molar-refractivity contribution in [1.29, 1.82) is 0 Å². The minimum atomic E-state index is -4.67. The quantitative estimate of drug-likeness (QED) is 0.282. The van der Waals surface area contributed by atoms with Crippen molar-refractivity contribution in [2.45, 2.75) is 0 Å². The van der Waals surface area contributed by atoms with Crippen LogP contribution in [-0.2, 0) is 10.4 Å². The second-order valence-electron chi connectivity index (χ2n) is 4.26. The van der Waals surface area contributed by atoms with Crippen LogP contribution >= 0.6 is 0 Å². The van der Waals surface area contributed by atoms with Crippen LogP contribution in [0, 0.1) is 0 Å². The number of para-hydroxylation sites is 1. The average molecular weight is 307 g/mol. The molecule has 0 radical (unpaired) electrons. The highest BCUT2D eigenvalue weighted by atomic mass is 32.3.